The van der Waals surface area contributed by atoms with Crippen molar-refractivity contribution in [2.75, 3.05) is 46.8 Å². The summed E-state index contributed by atoms with van der Waals surface area (Å²) in [6, 6.07) is 9.76. The van der Waals surface area contributed by atoms with Gasteiger partial charge in [-0.3, -0.25) is 4.90 Å². The van der Waals surface area contributed by atoms with Gasteiger partial charge in [-0.05, 0) is 5.56 Å². The number of benzene rings is 1. The summed E-state index contributed by atoms with van der Waals surface area (Å²) in [4.78, 5) is 17.5. The number of hydrogen-bond acceptors (Lipinski definition) is 3. The Balaban J connectivity index is 1.81. The van der Waals surface area contributed by atoms with Gasteiger partial charge in [0.25, 0.3) is 0 Å². The topological polar surface area (TPSA) is 47.0 Å². The third kappa shape index (κ3) is 3.71. The molecule has 5 heteroatoms. The van der Waals surface area contributed by atoms with Gasteiger partial charge in [0, 0.05) is 46.8 Å². The molecule has 1 aromatic rings. The molecule has 0 saturated carbocycles. The van der Waals surface area contributed by atoms with Gasteiger partial charge in [0.05, 0.1) is 6.10 Å². The van der Waals surface area contributed by atoms with Crippen molar-refractivity contribution in [1.82, 2.24) is 14.7 Å². The Hall–Kier alpha value is -1.59. The van der Waals surface area contributed by atoms with Crippen molar-refractivity contribution >= 4 is 6.03 Å². The minimum atomic E-state index is -0.465. The fraction of sp³-hybridized carbons (Fsp3) is 0.533. The number of hydrogen-bond donors (Lipinski definition) is 1. The lowest BCUT2D eigenvalue weighted by Gasteiger charge is -2.36. The molecule has 1 saturated heterocycles. The lowest BCUT2D eigenvalue weighted by Crippen LogP contribution is -2.52. The van der Waals surface area contributed by atoms with E-state index in [2.05, 4.69) is 4.90 Å². The standard InChI is InChI=1S/C15H23N3O2/c1-16(2)15(20)18-10-8-17(9-11-18)12-14(19)13-6-4-3-5-7-13/h3-7,14,19H,8-12H2,1-2H3/t14-/m1/s1. The van der Waals surface area contributed by atoms with Crippen LogP contribution in [0, 0.1) is 0 Å². The highest BCUT2D eigenvalue weighted by atomic mass is 16.3. The summed E-state index contributed by atoms with van der Waals surface area (Å²) in [5.41, 5.74) is 0.944. The Morgan fingerprint density at radius 2 is 1.80 bits per heavy atom. The number of carbonyl (C=O) groups excluding carboxylic acids is 1. The normalized spacial score (nSPS) is 17.9. The van der Waals surface area contributed by atoms with Crippen LogP contribution < -0.4 is 0 Å². The van der Waals surface area contributed by atoms with E-state index in [9.17, 15) is 9.90 Å². The first-order valence-corrected chi connectivity index (χ1v) is 6.99. The largest absolute Gasteiger partial charge is 0.387 e. The molecule has 1 aliphatic heterocycles. The molecular weight excluding hydrogens is 254 g/mol. The zero-order valence-corrected chi connectivity index (χ0v) is 12.2. The van der Waals surface area contributed by atoms with Crippen molar-refractivity contribution in [2.24, 2.45) is 0 Å². The van der Waals surface area contributed by atoms with Crippen LogP contribution in [0.15, 0.2) is 30.3 Å². The molecule has 1 heterocycles. The highest BCUT2D eigenvalue weighted by molar-refractivity contribution is 5.73. The molecule has 0 unspecified atom stereocenters. The van der Waals surface area contributed by atoms with E-state index in [-0.39, 0.29) is 6.03 Å². The Bertz CT molecular complexity index is 428. The lowest BCUT2D eigenvalue weighted by molar-refractivity contribution is 0.0762. The number of piperazine rings is 1. The van der Waals surface area contributed by atoms with Crippen molar-refractivity contribution < 1.29 is 9.90 Å². The molecule has 0 radical (unpaired) electrons. The summed E-state index contributed by atoms with van der Waals surface area (Å²) in [6.45, 7) is 3.68. The van der Waals surface area contributed by atoms with Gasteiger partial charge in [0.2, 0.25) is 0 Å². The number of aliphatic hydroxyl groups excluding tert-OH is 1. The van der Waals surface area contributed by atoms with Crippen molar-refractivity contribution in [2.45, 2.75) is 6.10 Å². The maximum Gasteiger partial charge on any atom is 0.319 e. The number of rotatable bonds is 3. The van der Waals surface area contributed by atoms with E-state index < -0.39 is 6.10 Å². The molecule has 2 amide bonds. The van der Waals surface area contributed by atoms with E-state index in [1.807, 2.05) is 35.2 Å². The zero-order valence-electron chi connectivity index (χ0n) is 12.2. The molecule has 1 fully saturated rings. The average molecular weight is 277 g/mol. The molecule has 0 spiro atoms. The Morgan fingerprint density at radius 3 is 2.35 bits per heavy atom. The predicted octanol–water partition coefficient (Wildman–Crippen LogP) is 1.02. The Labute approximate surface area is 120 Å². The third-order valence-electron chi connectivity index (χ3n) is 3.64. The van der Waals surface area contributed by atoms with Gasteiger partial charge in [-0.25, -0.2) is 4.79 Å². The average Bonchev–Trinajstić information content (AvgIpc) is 2.48. The number of nitrogens with zero attached hydrogens (tertiary/aromatic N) is 3. The first-order chi connectivity index (χ1) is 9.58. The summed E-state index contributed by atoms with van der Waals surface area (Å²) in [5, 5.41) is 10.2. The van der Waals surface area contributed by atoms with Crippen LogP contribution in [0.2, 0.25) is 0 Å². The SMILES string of the molecule is CN(C)C(=O)N1CCN(C[C@@H](O)c2ccccc2)CC1. The zero-order chi connectivity index (χ0) is 14.5. The molecule has 5 nitrogen and oxygen atoms in total. The number of urea groups is 1. The van der Waals surface area contributed by atoms with Gasteiger partial charge in [-0.1, -0.05) is 30.3 Å². The van der Waals surface area contributed by atoms with E-state index in [1.165, 1.54) is 0 Å². The van der Waals surface area contributed by atoms with Crippen LogP contribution in [0.1, 0.15) is 11.7 Å². The van der Waals surface area contributed by atoms with Crippen LogP contribution in [0.3, 0.4) is 0 Å². The number of carbonyl (C=O) groups is 1. The second-order valence-electron chi connectivity index (χ2n) is 5.39. The molecule has 0 bridgehead atoms. The highest BCUT2D eigenvalue weighted by Gasteiger charge is 2.23. The van der Waals surface area contributed by atoms with E-state index in [0.717, 1.165) is 31.7 Å². The van der Waals surface area contributed by atoms with Crippen LogP contribution in [-0.4, -0.2) is 72.7 Å². The van der Waals surface area contributed by atoms with E-state index >= 15 is 0 Å². The Kier molecular flexibility index (Phi) is 4.98. The maximum atomic E-state index is 11.8. The van der Waals surface area contributed by atoms with Gasteiger partial charge in [0.15, 0.2) is 0 Å². The molecule has 20 heavy (non-hydrogen) atoms. The quantitative estimate of drug-likeness (QED) is 0.897. The molecule has 1 aromatic carbocycles. The first kappa shape index (κ1) is 14.8. The monoisotopic (exact) mass is 277 g/mol. The summed E-state index contributed by atoms with van der Waals surface area (Å²) < 4.78 is 0. The predicted molar refractivity (Wildman–Crippen MR) is 78.5 cm³/mol. The van der Waals surface area contributed by atoms with Crippen molar-refractivity contribution in [3.63, 3.8) is 0 Å². The summed E-state index contributed by atoms with van der Waals surface area (Å²) >= 11 is 0. The number of aliphatic hydroxyl groups is 1. The second-order valence-corrected chi connectivity index (χ2v) is 5.39. The van der Waals surface area contributed by atoms with Gasteiger partial charge in [0.1, 0.15) is 0 Å². The second kappa shape index (κ2) is 6.72. The summed E-state index contributed by atoms with van der Waals surface area (Å²) in [6.07, 6.45) is -0.465. The van der Waals surface area contributed by atoms with Crippen LogP contribution >= 0.6 is 0 Å². The van der Waals surface area contributed by atoms with Crippen molar-refractivity contribution in [3.8, 4) is 0 Å². The number of amides is 2. The summed E-state index contributed by atoms with van der Waals surface area (Å²) in [5.74, 6) is 0. The Morgan fingerprint density at radius 1 is 1.20 bits per heavy atom. The van der Waals surface area contributed by atoms with Crippen LogP contribution in [0.5, 0.6) is 0 Å². The smallest absolute Gasteiger partial charge is 0.319 e. The van der Waals surface area contributed by atoms with Gasteiger partial charge in [-0.2, -0.15) is 0 Å². The number of β-amino-alcohol motifs (C(OH)–C–C–N with tert-alkyl or cyclic N) is 1. The molecule has 1 aliphatic rings. The summed E-state index contributed by atoms with van der Waals surface area (Å²) in [7, 11) is 3.54. The maximum absolute atomic E-state index is 11.8. The molecular formula is C15H23N3O2. The first-order valence-electron chi connectivity index (χ1n) is 6.99. The van der Waals surface area contributed by atoms with E-state index in [0.29, 0.717) is 6.54 Å². The van der Waals surface area contributed by atoms with Gasteiger partial charge < -0.3 is 14.9 Å². The molecule has 110 valence electrons. The van der Waals surface area contributed by atoms with Crippen molar-refractivity contribution in [1.29, 1.82) is 0 Å². The molecule has 1 N–H and O–H groups in total. The van der Waals surface area contributed by atoms with E-state index in [4.69, 9.17) is 0 Å². The van der Waals surface area contributed by atoms with Crippen LogP contribution in [0.25, 0.3) is 0 Å². The highest BCUT2D eigenvalue weighted by Crippen LogP contribution is 2.15. The fourth-order valence-corrected chi connectivity index (χ4v) is 2.43. The fourth-order valence-electron chi connectivity index (χ4n) is 2.43. The molecule has 2 rings (SSSR count). The van der Waals surface area contributed by atoms with E-state index in [1.54, 1.807) is 19.0 Å². The minimum Gasteiger partial charge on any atom is -0.387 e. The van der Waals surface area contributed by atoms with Crippen LogP contribution in [-0.2, 0) is 0 Å². The van der Waals surface area contributed by atoms with Crippen LogP contribution in [0.4, 0.5) is 4.79 Å². The lowest BCUT2D eigenvalue weighted by atomic mass is 10.1. The van der Waals surface area contributed by atoms with Crippen molar-refractivity contribution in [3.05, 3.63) is 35.9 Å². The third-order valence-corrected chi connectivity index (χ3v) is 3.64. The molecule has 0 aromatic heterocycles. The molecule has 1 atom stereocenters. The van der Waals surface area contributed by atoms with Gasteiger partial charge in [-0.15, -0.1) is 0 Å². The molecule has 0 aliphatic carbocycles. The van der Waals surface area contributed by atoms with Gasteiger partial charge >= 0.3 is 6.03 Å². The minimum absolute atomic E-state index is 0.0632.